The number of hydrazine groups is 2. The fourth-order valence-corrected chi connectivity index (χ4v) is 9.51. The maximum absolute atomic E-state index is 14.8. The van der Waals surface area contributed by atoms with Gasteiger partial charge in [-0.15, -0.1) is 0 Å². The van der Waals surface area contributed by atoms with E-state index >= 15 is 0 Å². The van der Waals surface area contributed by atoms with Gasteiger partial charge in [0.15, 0.2) is 0 Å². The second-order valence-electron chi connectivity index (χ2n) is 20.6. The summed E-state index contributed by atoms with van der Waals surface area (Å²) in [6, 6.07) is 16.6. The van der Waals surface area contributed by atoms with Crippen molar-refractivity contribution in [1.29, 1.82) is 0 Å². The number of hydrogen-bond acceptors (Lipinski definition) is 9. The van der Waals surface area contributed by atoms with Crippen molar-refractivity contribution in [3.8, 4) is 11.5 Å². The van der Waals surface area contributed by atoms with Crippen LogP contribution in [-0.4, -0.2) is 68.7 Å². The first kappa shape index (κ1) is 50.3. The van der Waals surface area contributed by atoms with Crippen molar-refractivity contribution in [1.82, 2.24) is 20.9 Å². The van der Waals surface area contributed by atoms with Crippen LogP contribution >= 0.6 is 0 Å². The van der Waals surface area contributed by atoms with E-state index in [1.807, 2.05) is 110 Å². The van der Waals surface area contributed by atoms with E-state index in [0.717, 1.165) is 58.2 Å². The largest absolute Gasteiger partial charge is 0.536 e. The van der Waals surface area contributed by atoms with Gasteiger partial charge in [-0.05, 0) is 170 Å². The predicted molar refractivity (Wildman–Crippen MR) is 262 cm³/mol. The van der Waals surface area contributed by atoms with Crippen molar-refractivity contribution < 1.29 is 38.8 Å². The van der Waals surface area contributed by atoms with Gasteiger partial charge in [0, 0.05) is 27.8 Å². The maximum Gasteiger partial charge on any atom is 0.522 e. The van der Waals surface area contributed by atoms with Crippen LogP contribution in [0.4, 0.5) is 0 Å². The Balaban J connectivity index is 1.36. The minimum atomic E-state index is -1.28. The third kappa shape index (κ3) is 11.5. The molecule has 0 radical (unpaired) electrons. The first-order chi connectivity index (χ1) is 31.0. The fraction of sp³-hybridized carbons (Fsp3) is 0.481. The average molecular weight is 901 g/mol. The monoisotopic (exact) mass is 901 g/mol. The highest BCUT2D eigenvalue weighted by Gasteiger charge is 2.37. The molecule has 2 atom stereocenters. The summed E-state index contributed by atoms with van der Waals surface area (Å²) in [5.41, 5.74) is 14.2. The van der Waals surface area contributed by atoms with Crippen LogP contribution in [0.5, 0.6) is 11.5 Å². The van der Waals surface area contributed by atoms with E-state index in [9.17, 15) is 29.5 Å². The molecule has 2 aliphatic heterocycles. The Kier molecular flexibility index (Phi) is 15.5. The molecule has 352 valence electrons. The molecule has 4 aromatic rings. The molecule has 0 bridgehead atoms. The van der Waals surface area contributed by atoms with Crippen molar-refractivity contribution >= 4 is 32.0 Å². The molecule has 2 heterocycles. The molecule has 5 N–H and O–H groups in total. The molecule has 4 aromatic carbocycles. The molecule has 2 unspecified atom stereocenters. The van der Waals surface area contributed by atoms with Gasteiger partial charge in [0.25, 0.3) is 17.7 Å². The van der Waals surface area contributed by atoms with Crippen LogP contribution in [0.1, 0.15) is 167 Å². The highest BCUT2D eigenvalue weighted by molar-refractivity contribution is 6.44. The van der Waals surface area contributed by atoms with Crippen molar-refractivity contribution in [2.45, 2.75) is 158 Å². The first-order valence-corrected chi connectivity index (χ1v) is 23.6. The average Bonchev–Trinajstić information content (AvgIpc) is 3.55. The predicted octanol–water partition coefficient (Wildman–Crippen LogP) is 8.87. The van der Waals surface area contributed by atoms with E-state index in [0.29, 0.717) is 83.2 Å². The van der Waals surface area contributed by atoms with Crippen molar-refractivity contribution in [3.05, 3.63) is 127 Å². The third-order valence-corrected chi connectivity index (χ3v) is 12.8. The number of nitrogens with zero attached hydrogens (tertiary/aromatic N) is 2. The van der Waals surface area contributed by atoms with Gasteiger partial charge < -0.3 is 24.5 Å². The smallest absolute Gasteiger partial charge is 0.522 e. The zero-order valence-electron chi connectivity index (χ0n) is 41.1. The van der Waals surface area contributed by atoms with Gasteiger partial charge in [-0.25, -0.2) is 5.01 Å². The normalized spacial score (nSPS) is 15.0. The van der Waals surface area contributed by atoms with E-state index in [1.54, 1.807) is 0 Å². The van der Waals surface area contributed by atoms with E-state index in [-0.39, 0.29) is 23.3 Å². The lowest BCUT2D eigenvalue weighted by atomic mass is 9.83. The van der Waals surface area contributed by atoms with Crippen molar-refractivity contribution in [3.63, 3.8) is 0 Å². The fourth-order valence-electron chi connectivity index (χ4n) is 9.51. The lowest BCUT2D eigenvalue weighted by molar-refractivity contribution is -0.00822. The highest BCUT2D eigenvalue weighted by atomic mass is 16.5. The van der Waals surface area contributed by atoms with Crippen molar-refractivity contribution in [2.75, 3.05) is 0 Å². The molecule has 0 fully saturated rings. The van der Waals surface area contributed by atoms with Gasteiger partial charge in [-0.1, -0.05) is 75.1 Å². The molecule has 3 amide bonds. The number of benzene rings is 4. The number of hydrogen-bond donors (Lipinski definition) is 5. The molecule has 2 aliphatic rings. The summed E-state index contributed by atoms with van der Waals surface area (Å²) >= 11 is 0. The van der Waals surface area contributed by atoms with E-state index in [2.05, 4.69) is 38.5 Å². The van der Waals surface area contributed by atoms with Crippen LogP contribution in [0.15, 0.2) is 54.6 Å². The van der Waals surface area contributed by atoms with Gasteiger partial charge >= 0.3 is 14.2 Å². The van der Waals surface area contributed by atoms with E-state index < -0.39 is 31.9 Å². The van der Waals surface area contributed by atoms with E-state index in [1.165, 1.54) is 10.0 Å². The molecule has 0 aliphatic carbocycles. The van der Waals surface area contributed by atoms with Crippen LogP contribution in [0.25, 0.3) is 0 Å². The van der Waals surface area contributed by atoms with Crippen molar-refractivity contribution in [2.24, 2.45) is 5.41 Å². The molecule has 0 saturated carbocycles. The van der Waals surface area contributed by atoms with Crippen LogP contribution in [0, 0.1) is 40.0 Å². The van der Waals surface area contributed by atoms with Gasteiger partial charge in [0.2, 0.25) is 0 Å². The van der Waals surface area contributed by atoms with Crippen LogP contribution in [0.3, 0.4) is 0 Å². The Bertz CT molecular complexity index is 2440. The highest BCUT2D eigenvalue weighted by Crippen LogP contribution is 2.38. The Morgan fingerprint density at radius 2 is 1.35 bits per heavy atom. The maximum atomic E-state index is 14.8. The third-order valence-electron chi connectivity index (χ3n) is 12.8. The van der Waals surface area contributed by atoms with Crippen LogP contribution in [0.2, 0.25) is 12.6 Å². The minimum absolute atomic E-state index is 0.298. The summed E-state index contributed by atoms with van der Waals surface area (Å²) in [5.74, 6) is -0.120. The van der Waals surface area contributed by atoms with Crippen LogP contribution < -0.4 is 20.2 Å². The molecule has 0 aromatic heterocycles. The van der Waals surface area contributed by atoms with E-state index in [4.69, 9.17) is 9.31 Å². The Morgan fingerprint density at radius 1 is 0.758 bits per heavy atom. The molecule has 6 rings (SSSR count). The molecular weight excluding hydrogens is 830 g/mol. The number of aliphatic hydroxyl groups is 1. The Morgan fingerprint density at radius 3 is 1.95 bits per heavy atom. The molecule has 66 heavy (non-hydrogen) atoms. The quantitative estimate of drug-likeness (QED) is 0.0563. The summed E-state index contributed by atoms with van der Waals surface area (Å²) < 4.78 is 12.1. The SMILES string of the molecule is CCCC(N(NC(=O)c1cc(Cc2cc(C)cc(C(=O)N(NC(O)c3ccc4c(c3C)OB(O)CCC4)C(C)(C)C)c2)c2c(c1C)OB(O)CCC2)C(=O)c1cc(C)cc(C)c1)C(C)(C)C. The number of rotatable bonds is 11. The summed E-state index contributed by atoms with van der Waals surface area (Å²) in [7, 11) is -1.99. The lowest BCUT2D eigenvalue weighted by Crippen LogP contribution is -2.56. The van der Waals surface area contributed by atoms with Gasteiger partial charge in [-0.3, -0.25) is 24.8 Å². The zero-order valence-corrected chi connectivity index (χ0v) is 41.1. The summed E-state index contributed by atoms with van der Waals surface area (Å²) in [6.45, 7) is 23.4. The number of amides is 3. The molecule has 14 heteroatoms. The summed E-state index contributed by atoms with van der Waals surface area (Å²) in [5, 5.41) is 35.9. The zero-order chi connectivity index (χ0) is 48.4. The summed E-state index contributed by atoms with van der Waals surface area (Å²) in [6.07, 6.45) is 4.25. The molecular formula is C52H70B2N4O8. The first-order valence-electron chi connectivity index (χ1n) is 23.6. The Labute approximate surface area is 392 Å². The standard InChI is InChI=1S/C52H70B2N4O8/c1-13-16-44(51(7,8)9)57(49(61)39-25-31(2)23-32(3)26-39)55-48(60)43-30-38(42-18-15-22-54(64)66-46(42)35(43)6)28-36-24-33(4)27-40(29-36)50(62)58(52(10,11)12)56-47(59)41-20-19-37-17-14-21-53(63)65-45(37)34(41)5/h19-20,23-27,29-30,44,47,56,59,63-64H,13-18,21-22,28H2,1-12H3,(H,55,60). The number of carbonyl (C=O) groups is 3. The van der Waals surface area contributed by atoms with Gasteiger partial charge in [-0.2, -0.15) is 5.43 Å². The number of fused-ring (bicyclic) bond motifs is 2. The topological polar surface area (TPSA) is 161 Å². The number of aryl methyl sites for hydroxylation is 4. The number of carbonyl (C=O) groups excluding carboxylic acids is 3. The van der Waals surface area contributed by atoms with Gasteiger partial charge in [0.1, 0.15) is 17.7 Å². The lowest BCUT2D eigenvalue weighted by Gasteiger charge is -2.40. The number of nitrogens with one attached hydrogen (secondary N) is 2. The van der Waals surface area contributed by atoms with Crippen LogP contribution in [-0.2, 0) is 19.3 Å². The van der Waals surface area contributed by atoms with Gasteiger partial charge in [0.05, 0.1) is 11.6 Å². The molecule has 12 nitrogen and oxygen atoms in total. The second-order valence-corrected chi connectivity index (χ2v) is 20.6. The molecule has 0 saturated heterocycles. The second kappa shape index (κ2) is 20.4. The Hall–Kier alpha value is -5.14. The summed E-state index contributed by atoms with van der Waals surface area (Å²) in [4.78, 5) is 44.0. The number of aliphatic hydroxyl groups excluding tert-OH is 1. The minimum Gasteiger partial charge on any atom is -0.536 e. The molecule has 0 spiro atoms.